The molecule has 1 aromatic carbocycles. The number of anilines is 1. The molecule has 17 heavy (non-hydrogen) atoms. The van der Waals surface area contributed by atoms with Gasteiger partial charge in [-0.15, -0.1) is 11.8 Å². The van der Waals surface area contributed by atoms with E-state index < -0.39 is 0 Å². The average molecular weight is 254 g/mol. The van der Waals surface area contributed by atoms with Crippen LogP contribution in [0.5, 0.6) is 0 Å². The number of aliphatic hydroxyl groups is 1. The highest BCUT2D eigenvalue weighted by Gasteiger charge is 2.14. The third-order valence-electron chi connectivity index (χ3n) is 2.92. The van der Waals surface area contributed by atoms with Crippen LogP contribution >= 0.6 is 11.8 Å². The smallest absolute Gasteiger partial charge is 0.0632 e. The zero-order chi connectivity index (χ0) is 12.8. The van der Waals surface area contributed by atoms with Crippen molar-refractivity contribution in [2.75, 3.05) is 24.3 Å². The van der Waals surface area contributed by atoms with Crippen molar-refractivity contribution in [3.05, 3.63) is 23.8 Å². The summed E-state index contributed by atoms with van der Waals surface area (Å²) >= 11 is 1.81. The first kappa shape index (κ1) is 14.4. The summed E-state index contributed by atoms with van der Waals surface area (Å²) in [6.45, 7) is 4.81. The van der Waals surface area contributed by atoms with E-state index >= 15 is 0 Å². The molecular formula is C13H22N2OS. The summed E-state index contributed by atoms with van der Waals surface area (Å²) in [6, 6.07) is 6.32. The van der Waals surface area contributed by atoms with E-state index in [0.717, 1.165) is 11.4 Å². The second-order valence-electron chi connectivity index (χ2n) is 4.03. The summed E-state index contributed by atoms with van der Waals surface area (Å²) in [5.74, 6) is 1.04. The minimum absolute atomic E-state index is 0.0992. The van der Waals surface area contributed by atoms with E-state index in [1.54, 1.807) is 0 Å². The van der Waals surface area contributed by atoms with Gasteiger partial charge in [0.15, 0.2) is 0 Å². The van der Waals surface area contributed by atoms with Gasteiger partial charge in [-0.1, -0.05) is 13.0 Å². The fraction of sp³-hybridized carbons (Fsp3) is 0.538. The molecule has 0 amide bonds. The van der Waals surface area contributed by atoms with Crippen molar-refractivity contribution in [1.29, 1.82) is 0 Å². The third-order valence-corrected chi connectivity index (χ3v) is 3.90. The van der Waals surface area contributed by atoms with Crippen molar-refractivity contribution in [3.8, 4) is 0 Å². The van der Waals surface area contributed by atoms with Crippen LogP contribution in [-0.2, 0) is 6.54 Å². The Kier molecular flexibility index (Phi) is 5.82. The molecule has 0 aliphatic heterocycles. The maximum Gasteiger partial charge on any atom is 0.0632 e. The molecule has 3 N–H and O–H groups in total. The Morgan fingerprint density at radius 3 is 2.71 bits per heavy atom. The Labute approximate surface area is 108 Å². The lowest BCUT2D eigenvalue weighted by atomic mass is 10.1. The average Bonchev–Trinajstić information content (AvgIpc) is 2.37. The minimum atomic E-state index is 0.0992. The van der Waals surface area contributed by atoms with Crippen LogP contribution in [-0.4, -0.2) is 30.6 Å². The van der Waals surface area contributed by atoms with Gasteiger partial charge >= 0.3 is 0 Å². The summed E-state index contributed by atoms with van der Waals surface area (Å²) < 4.78 is 0. The van der Waals surface area contributed by atoms with E-state index in [1.807, 2.05) is 31.8 Å². The number of rotatable bonds is 6. The number of likely N-dealkylation sites (N-methyl/N-ethyl adjacent to an activating group) is 1. The van der Waals surface area contributed by atoms with Crippen LogP contribution in [0.2, 0.25) is 0 Å². The standard InChI is InChI=1S/C13H22N2OS/c1-4-17-13-7-5-6-12(11(13)8-14)15(3)10(2)9-16/h5-7,10,16H,4,8-9,14H2,1-3H3. The molecule has 0 aliphatic rings. The first-order chi connectivity index (χ1) is 8.15. The van der Waals surface area contributed by atoms with E-state index in [1.165, 1.54) is 10.5 Å². The second kappa shape index (κ2) is 6.89. The summed E-state index contributed by atoms with van der Waals surface area (Å²) in [7, 11) is 2.00. The highest BCUT2D eigenvalue weighted by atomic mass is 32.2. The molecule has 0 aromatic heterocycles. The van der Waals surface area contributed by atoms with Gasteiger partial charge in [-0.2, -0.15) is 0 Å². The number of hydrogen-bond acceptors (Lipinski definition) is 4. The lowest BCUT2D eigenvalue weighted by Crippen LogP contribution is -2.32. The lowest BCUT2D eigenvalue weighted by Gasteiger charge is -2.28. The normalized spacial score (nSPS) is 12.5. The Balaban J connectivity index is 3.10. The van der Waals surface area contributed by atoms with Crippen LogP contribution in [0.4, 0.5) is 5.69 Å². The van der Waals surface area contributed by atoms with E-state index in [-0.39, 0.29) is 12.6 Å². The Morgan fingerprint density at radius 1 is 1.47 bits per heavy atom. The fourth-order valence-electron chi connectivity index (χ4n) is 1.74. The zero-order valence-corrected chi connectivity index (χ0v) is 11.6. The van der Waals surface area contributed by atoms with Gasteiger partial charge in [-0.05, 0) is 24.8 Å². The number of hydrogen-bond donors (Lipinski definition) is 2. The molecule has 4 heteroatoms. The Hall–Kier alpha value is -0.710. The van der Waals surface area contributed by atoms with Crippen LogP contribution < -0.4 is 10.6 Å². The van der Waals surface area contributed by atoms with Gasteiger partial charge in [-0.25, -0.2) is 0 Å². The molecule has 1 rings (SSSR count). The van der Waals surface area contributed by atoms with Crippen LogP contribution in [0.1, 0.15) is 19.4 Å². The van der Waals surface area contributed by atoms with Crippen molar-refractivity contribution in [3.63, 3.8) is 0 Å². The maximum atomic E-state index is 9.22. The van der Waals surface area contributed by atoms with E-state index in [9.17, 15) is 5.11 Å². The molecule has 0 saturated carbocycles. The number of aliphatic hydroxyl groups excluding tert-OH is 1. The Bertz CT molecular complexity index is 357. The van der Waals surface area contributed by atoms with Crippen molar-refractivity contribution < 1.29 is 5.11 Å². The van der Waals surface area contributed by atoms with Gasteiger partial charge in [0.25, 0.3) is 0 Å². The van der Waals surface area contributed by atoms with Crippen molar-refractivity contribution >= 4 is 17.4 Å². The van der Waals surface area contributed by atoms with E-state index in [2.05, 4.69) is 24.0 Å². The highest BCUT2D eigenvalue weighted by molar-refractivity contribution is 7.99. The van der Waals surface area contributed by atoms with Crippen LogP contribution in [0, 0.1) is 0 Å². The van der Waals surface area contributed by atoms with Gasteiger partial charge < -0.3 is 15.7 Å². The third kappa shape index (κ3) is 3.37. The summed E-state index contributed by atoms with van der Waals surface area (Å²) in [4.78, 5) is 3.33. The predicted molar refractivity (Wildman–Crippen MR) is 75.7 cm³/mol. The first-order valence-corrected chi connectivity index (χ1v) is 6.92. The van der Waals surface area contributed by atoms with Gasteiger partial charge in [-0.3, -0.25) is 0 Å². The molecular weight excluding hydrogens is 232 g/mol. The monoisotopic (exact) mass is 254 g/mol. The summed E-state index contributed by atoms with van der Waals surface area (Å²) in [5.41, 5.74) is 8.15. The van der Waals surface area contributed by atoms with Crippen molar-refractivity contribution in [1.82, 2.24) is 0 Å². The SMILES string of the molecule is CCSc1cccc(N(C)C(C)CO)c1CN. The molecule has 1 aromatic rings. The number of nitrogens with two attached hydrogens (primary N) is 1. The van der Waals surface area contributed by atoms with E-state index in [4.69, 9.17) is 5.73 Å². The molecule has 0 fully saturated rings. The van der Waals surface area contributed by atoms with Gasteiger partial charge in [0.1, 0.15) is 0 Å². The number of thioether (sulfide) groups is 1. The number of benzene rings is 1. The zero-order valence-electron chi connectivity index (χ0n) is 10.8. The molecule has 1 atom stereocenters. The van der Waals surface area contributed by atoms with Gasteiger partial charge in [0, 0.05) is 35.8 Å². The Morgan fingerprint density at radius 2 is 2.18 bits per heavy atom. The van der Waals surface area contributed by atoms with Crippen LogP contribution in [0.3, 0.4) is 0 Å². The fourth-order valence-corrected chi connectivity index (χ4v) is 2.59. The second-order valence-corrected chi connectivity index (χ2v) is 5.34. The molecule has 96 valence electrons. The molecule has 0 saturated heterocycles. The topological polar surface area (TPSA) is 49.5 Å². The maximum absolute atomic E-state index is 9.22. The predicted octanol–water partition coefficient (Wildman–Crippen LogP) is 2.07. The van der Waals surface area contributed by atoms with Gasteiger partial charge in [0.05, 0.1) is 6.61 Å². The van der Waals surface area contributed by atoms with Crippen LogP contribution in [0.15, 0.2) is 23.1 Å². The number of nitrogens with zero attached hydrogens (tertiary/aromatic N) is 1. The summed E-state index contributed by atoms with van der Waals surface area (Å²) in [6.07, 6.45) is 0. The molecule has 0 spiro atoms. The highest BCUT2D eigenvalue weighted by Crippen LogP contribution is 2.30. The molecule has 0 bridgehead atoms. The largest absolute Gasteiger partial charge is 0.394 e. The molecule has 0 aliphatic carbocycles. The van der Waals surface area contributed by atoms with Crippen LogP contribution in [0.25, 0.3) is 0 Å². The van der Waals surface area contributed by atoms with E-state index in [0.29, 0.717) is 6.54 Å². The lowest BCUT2D eigenvalue weighted by molar-refractivity contribution is 0.270. The summed E-state index contributed by atoms with van der Waals surface area (Å²) in [5, 5.41) is 9.22. The minimum Gasteiger partial charge on any atom is -0.394 e. The molecule has 1 unspecified atom stereocenters. The van der Waals surface area contributed by atoms with Gasteiger partial charge in [0.2, 0.25) is 0 Å². The molecule has 0 heterocycles. The van der Waals surface area contributed by atoms with Crippen molar-refractivity contribution in [2.45, 2.75) is 31.3 Å². The molecule has 0 radical (unpaired) electrons. The quantitative estimate of drug-likeness (QED) is 0.763. The first-order valence-electron chi connectivity index (χ1n) is 5.94. The molecule has 3 nitrogen and oxygen atoms in total. The van der Waals surface area contributed by atoms with Crippen molar-refractivity contribution in [2.24, 2.45) is 5.73 Å².